The minimum Gasteiger partial charge on any atom is -0.243 e. The first-order valence-electron chi connectivity index (χ1n) is 6.15. The van der Waals surface area contributed by atoms with E-state index in [4.69, 9.17) is 4.98 Å². The van der Waals surface area contributed by atoms with Gasteiger partial charge in [-0.05, 0) is 53.0 Å². The van der Waals surface area contributed by atoms with Gasteiger partial charge in [0.05, 0.1) is 11.0 Å². The maximum Gasteiger partial charge on any atom is 0.133 e. The number of hydrogen-bond donors (Lipinski definition) is 0. The van der Waals surface area contributed by atoms with Gasteiger partial charge in [0, 0.05) is 5.56 Å². The zero-order valence-corrected chi connectivity index (χ0v) is 12.4. The van der Waals surface area contributed by atoms with Crippen LogP contribution in [0.4, 0.5) is 0 Å². The predicted octanol–water partition coefficient (Wildman–Crippen LogP) is 4.68. The van der Waals surface area contributed by atoms with Crippen LogP contribution in [0.5, 0.6) is 0 Å². The molecule has 0 aliphatic rings. The highest BCUT2D eigenvalue weighted by Gasteiger charge is 2.09. The predicted molar refractivity (Wildman–Crippen MR) is 82.1 cm³/mol. The van der Waals surface area contributed by atoms with Gasteiger partial charge >= 0.3 is 0 Å². The molecule has 94 valence electrons. The summed E-state index contributed by atoms with van der Waals surface area (Å²) >= 11 is 3.52. The molecule has 0 spiro atoms. The number of nitrogens with zero attached hydrogens (tertiary/aromatic N) is 2. The summed E-state index contributed by atoms with van der Waals surface area (Å²) in [5.41, 5.74) is 6.29. The lowest BCUT2D eigenvalue weighted by atomic mass is 10.1. The van der Waals surface area contributed by atoms with Gasteiger partial charge in [-0.2, -0.15) is 0 Å². The van der Waals surface area contributed by atoms with Gasteiger partial charge < -0.3 is 0 Å². The van der Waals surface area contributed by atoms with Crippen LogP contribution in [0.1, 0.15) is 11.1 Å². The molecule has 3 rings (SSSR count). The van der Waals surface area contributed by atoms with Crippen molar-refractivity contribution in [3.05, 3.63) is 58.2 Å². The van der Waals surface area contributed by atoms with Gasteiger partial charge in [0.25, 0.3) is 0 Å². The molecule has 2 aromatic carbocycles. The van der Waals surface area contributed by atoms with Gasteiger partial charge in [-0.3, -0.25) is 0 Å². The summed E-state index contributed by atoms with van der Waals surface area (Å²) in [5.74, 6) is 0. The van der Waals surface area contributed by atoms with Crippen molar-refractivity contribution in [3.63, 3.8) is 0 Å². The van der Waals surface area contributed by atoms with Crippen LogP contribution in [0.2, 0.25) is 0 Å². The van der Waals surface area contributed by atoms with Crippen molar-refractivity contribution in [3.8, 4) is 11.3 Å². The Hall–Kier alpha value is -1.74. The molecule has 0 radical (unpaired) electrons. The zero-order chi connectivity index (χ0) is 13.4. The van der Waals surface area contributed by atoms with E-state index in [0.717, 1.165) is 26.9 Å². The summed E-state index contributed by atoms with van der Waals surface area (Å²) in [6.07, 6.45) is 0. The van der Waals surface area contributed by atoms with Crippen LogP contribution in [0.25, 0.3) is 22.3 Å². The van der Waals surface area contributed by atoms with Gasteiger partial charge in [-0.25, -0.2) is 9.97 Å². The average molecular weight is 313 g/mol. The van der Waals surface area contributed by atoms with Crippen LogP contribution in [0.15, 0.2) is 47.1 Å². The Morgan fingerprint density at radius 2 is 1.42 bits per heavy atom. The Labute approximate surface area is 120 Å². The summed E-state index contributed by atoms with van der Waals surface area (Å²) in [4.78, 5) is 9.35. The van der Waals surface area contributed by atoms with Crippen LogP contribution in [0, 0.1) is 13.8 Å². The third-order valence-corrected chi connectivity index (χ3v) is 3.84. The molecule has 1 aromatic heterocycles. The van der Waals surface area contributed by atoms with Crippen LogP contribution in [-0.4, -0.2) is 9.97 Å². The summed E-state index contributed by atoms with van der Waals surface area (Å²) in [6.45, 7) is 4.19. The molecule has 1 heterocycles. The van der Waals surface area contributed by atoms with Gasteiger partial charge in [0.15, 0.2) is 0 Å². The lowest BCUT2D eigenvalue weighted by Crippen LogP contribution is -1.93. The van der Waals surface area contributed by atoms with Crippen molar-refractivity contribution >= 4 is 27.0 Å². The molecule has 0 saturated heterocycles. The van der Waals surface area contributed by atoms with E-state index in [1.165, 1.54) is 11.1 Å². The molecule has 0 atom stereocenters. The summed E-state index contributed by atoms with van der Waals surface area (Å²) in [6, 6.07) is 14.3. The SMILES string of the molecule is Cc1cc2nc(Br)c(-c3ccccc3)nc2cc1C. The first-order valence-corrected chi connectivity index (χ1v) is 6.94. The fourth-order valence-corrected chi connectivity index (χ4v) is 2.58. The van der Waals surface area contributed by atoms with Gasteiger partial charge in [0.2, 0.25) is 0 Å². The lowest BCUT2D eigenvalue weighted by molar-refractivity contribution is 1.23. The molecule has 19 heavy (non-hydrogen) atoms. The molecule has 0 bridgehead atoms. The molecule has 3 aromatic rings. The van der Waals surface area contributed by atoms with E-state index in [1.54, 1.807) is 0 Å². The van der Waals surface area contributed by atoms with Crippen molar-refractivity contribution in [1.29, 1.82) is 0 Å². The fourth-order valence-electron chi connectivity index (χ4n) is 2.07. The highest BCUT2D eigenvalue weighted by Crippen LogP contribution is 2.27. The molecule has 0 fully saturated rings. The molecule has 0 N–H and O–H groups in total. The Morgan fingerprint density at radius 3 is 2.05 bits per heavy atom. The average Bonchev–Trinajstić information content (AvgIpc) is 2.41. The molecule has 0 amide bonds. The van der Waals surface area contributed by atoms with E-state index in [9.17, 15) is 0 Å². The maximum atomic E-state index is 4.74. The van der Waals surface area contributed by atoms with E-state index < -0.39 is 0 Å². The third kappa shape index (κ3) is 2.26. The number of aromatic nitrogens is 2. The normalized spacial score (nSPS) is 10.9. The van der Waals surface area contributed by atoms with Gasteiger partial charge in [-0.15, -0.1) is 0 Å². The van der Waals surface area contributed by atoms with Crippen LogP contribution >= 0.6 is 15.9 Å². The van der Waals surface area contributed by atoms with E-state index in [-0.39, 0.29) is 0 Å². The van der Waals surface area contributed by atoms with E-state index in [1.807, 2.05) is 30.3 Å². The minimum absolute atomic E-state index is 0.787. The topological polar surface area (TPSA) is 25.8 Å². The summed E-state index contributed by atoms with van der Waals surface area (Å²) in [5, 5.41) is 0. The largest absolute Gasteiger partial charge is 0.243 e. The number of benzene rings is 2. The monoisotopic (exact) mass is 312 g/mol. The number of fused-ring (bicyclic) bond motifs is 1. The second-order valence-corrected chi connectivity index (χ2v) is 5.41. The summed E-state index contributed by atoms with van der Waals surface area (Å²) in [7, 11) is 0. The molecular formula is C16H13BrN2. The second-order valence-electron chi connectivity index (χ2n) is 4.65. The number of rotatable bonds is 1. The number of hydrogen-bond acceptors (Lipinski definition) is 2. The Morgan fingerprint density at radius 1 is 0.842 bits per heavy atom. The number of aryl methyl sites for hydroxylation is 2. The first-order chi connectivity index (χ1) is 9.15. The Balaban J connectivity index is 2.27. The Kier molecular flexibility index (Phi) is 3.07. The van der Waals surface area contributed by atoms with E-state index >= 15 is 0 Å². The molecular weight excluding hydrogens is 300 g/mol. The van der Waals surface area contributed by atoms with E-state index in [0.29, 0.717) is 0 Å². The molecule has 0 saturated carbocycles. The van der Waals surface area contributed by atoms with Crippen molar-refractivity contribution in [2.75, 3.05) is 0 Å². The minimum atomic E-state index is 0.787. The van der Waals surface area contributed by atoms with Crippen molar-refractivity contribution in [1.82, 2.24) is 9.97 Å². The number of halogens is 1. The maximum absolute atomic E-state index is 4.74. The van der Waals surface area contributed by atoms with Crippen LogP contribution in [-0.2, 0) is 0 Å². The Bertz CT molecular complexity index is 752. The molecule has 0 unspecified atom stereocenters. The highest BCUT2D eigenvalue weighted by molar-refractivity contribution is 9.10. The second kappa shape index (κ2) is 4.74. The van der Waals surface area contributed by atoms with Crippen LogP contribution < -0.4 is 0 Å². The van der Waals surface area contributed by atoms with Crippen molar-refractivity contribution in [2.45, 2.75) is 13.8 Å². The van der Waals surface area contributed by atoms with Crippen molar-refractivity contribution < 1.29 is 0 Å². The third-order valence-electron chi connectivity index (χ3n) is 3.28. The quantitative estimate of drug-likeness (QED) is 0.652. The lowest BCUT2D eigenvalue weighted by Gasteiger charge is -2.07. The van der Waals surface area contributed by atoms with E-state index in [2.05, 4.69) is 46.9 Å². The standard InChI is InChI=1S/C16H13BrN2/c1-10-8-13-14(9-11(10)2)19-16(17)15(18-13)12-6-4-3-5-7-12/h3-9H,1-2H3. The van der Waals surface area contributed by atoms with Crippen LogP contribution in [0.3, 0.4) is 0 Å². The van der Waals surface area contributed by atoms with Gasteiger partial charge in [-0.1, -0.05) is 30.3 Å². The highest BCUT2D eigenvalue weighted by atomic mass is 79.9. The van der Waals surface area contributed by atoms with Crippen molar-refractivity contribution in [2.24, 2.45) is 0 Å². The molecule has 0 aliphatic heterocycles. The molecule has 0 aliphatic carbocycles. The molecule has 3 heteroatoms. The van der Waals surface area contributed by atoms with Gasteiger partial charge in [0.1, 0.15) is 10.3 Å². The zero-order valence-electron chi connectivity index (χ0n) is 10.8. The summed E-state index contributed by atoms with van der Waals surface area (Å²) < 4.78 is 0.787. The fraction of sp³-hybridized carbons (Fsp3) is 0.125. The smallest absolute Gasteiger partial charge is 0.133 e. The molecule has 2 nitrogen and oxygen atoms in total. The first kappa shape index (κ1) is 12.3.